The molecular formula is C10H22N2O. The number of hydrogen-bond acceptors (Lipinski definition) is 3. The summed E-state index contributed by atoms with van der Waals surface area (Å²) < 4.78 is 5.87. The van der Waals surface area contributed by atoms with Gasteiger partial charge < -0.3 is 10.1 Å². The first-order valence-corrected chi connectivity index (χ1v) is 5.01. The van der Waals surface area contributed by atoms with Crippen LogP contribution in [-0.4, -0.2) is 43.9 Å². The first-order chi connectivity index (χ1) is 6.02. The van der Waals surface area contributed by atoms with Crippen molar-refractivity contribution in [2.45, 2.75) is 32.4 Å². The second kappa shape index (κ2) is 3.95. The Morgan fingerprint density at radius 2 is 2.23 bits per heavy atom. The predicted octanol–water partition coefficient (Wildman–Crippen LogP) is 0.909. The van der Waals surface area contributed by atoms with Crippen LogP contribution < -0.4 is 5.32 Å². The van der Waals surface area contributed by atoms with Gasteiger partial charge in [-0.05, 0) is 26.9 Å². The molecule has 0 bridgehead atoms. The van der Waals surface area contributed by atoms with E-state index >= 15 is 0 Å². The van der Waals surface area contributed by atoms with Crippen molar-refractivity contribution >= 4 is 0 Å². The van der Waals surface area contributed by atoms with E-state index in [1.807, 2.05) is 7.05 Å². The van der Waals surface area contributed by atoms with Crippen LogP contribution in [0.3, 0.4) is 0 Å². The topological polar surface area (TPSA) is 24.5 Å². The molecule has 3 nitrogen and oxygen atoms in total. The molecule has 0 aromatic carbocycles. The van der Waals surface area contributed by atoms with Crippen LogP contribution in [0.2, 0.25) is 0 Å². The van der Waals surface area contributed by atoms with E-state index in [2.05, 4.69) is 38.0 Å². The summed E-state index contributed by atoms with van der Waals surface area (Å²) in [7, 11) is 4.11. The standard InChI is InChI=1S/C10H22N2O/c1-8(2)10(3)9(6-11-4)12(5)7-13-10/h8-9,11H,6-7H2,1-5H3. The van der Waals surface area contributed by atoms with Gasteiger partial charge in [0.2, 0.25) is 0 Å². The molecule has 0 aliphatic carbocycles. The molecule has 13 heavy (non-hydrogen) atoms. The summed E-state index contributed by atoms with van der Waals surface area (Å²) in [6.45, 7) is 8.40. The molecule has 1 heterocycles. The molecule has 1 aliphatic rings. The Kier molecular flexibility index (Phi) is 3.33. The number of hydrogen-bond donors (Lipinski definition) is 1. The fraction of sp³-hybridized carbons (Fsp3) is 1.00. The molecule has 0 aromatic heterocycles. The largest absolute Gasteiger partial charge is 0.358 e. The summed E-state index contributed by atoms with van der Waals surface area (Å²) in [5.74, 6) is 0.552. The van der Waals surface area contributed by atoms with Crippen LogP contribution in [0.15, 0.2) is 0 Å². The Morgan fingerprint density at radius 3 is 2.69 bits per heavy atom. The Bertz CT molecular complexity index is 172. The SMILES string of the molecule is CNCC1N(C)COC1(C)C(C)C. The average Bonchev–Trinajstić information content (AvgIpc) is 2.34. The van der Waals surface area contributed by atoms with Gasteiger partial charge in [-0.15, -0.1) is 0 Å². The molecule has 3 heteroatoms. The molecule has 0 radical (unpaired) electrons. The van der Waals surface area contributed by atoms with E-state index < -0.39 is 0 Å². The van der Waals surface area contributed by atoms with Crippen molar-refractivity contribution in [3.8, 4) is 0 Å². The molecule has 1 N–H and O–H groups in total. The van der Waals surface area contributed by atoms with E-state index in [1.54, 1.807) is 0 Å². The zero-order valence-electron chi connectivity index (χ0n) is 9.42. The van der Waals surface area contributed by atoms with Gasteiger partial charge in [-0.3, -0.25) is 4.90 Å². The molecule has 1 saturated heterocycles. The first-order valence-electron chi connectivity index (χ1n) is 5.01. The Hall–Kier alpha value is -0.120. The Labute approximate surface area is 81.4 Å². The minimum absolute atomic E-state index is 0.00222. The van der Waals surface area contributed by atoms with E-state index in [1.165, 1.54) is 0 Å². The van der Waals surface area contributed by atoms with Crippen LogP contribution in [0, 0.1) is 5.92 Å². The van der Waals surface area contributed by atoms with Gasteiger partial charge in [-0.25, -0.2) is 0 Å². The summed E-state index contributed by atoms with van der Waals surface area (Å²) >= 11 is 0. The van der Waals surface area contributed by atoms with Crippen molar-refractivity contribution in [2.24, 2.45) is 5.92 Å². The fourth-order valence-corrected chi connectivity index (χ4v) is 1.97. The van der Waals surface area contributed by atoms with Gasteiger partial charge in [0, 0.05) is 6.54 Å². The van der Waals surface area contributed by atoms with E-state index in [-0.39, 0.29) is 5.60 Å². The lowest BCUT2D eigenvalue weighted by molar-refractivity contribution is -0.0265. The van der Waals surface area contributed by atoms with Crippen molar-refractivity contribution in [1.82, 2.24) is 10.2 Å². The van der Waals surface area contributed by atoms with E-state index in [0.717, 1.165) is 13.3 Å². The molecule has 0 spiro atoms. The number of nitrogens with one attached hydrogen (secondary N) is 1. The highest BCUT2D eigenvalue weighted by Gasteiger charge is 2.45. The molecule has 1 aliphatic heterocycles. The highest BCUT2D eigenvalue weighted by atomic mass is 16.5. The zero-order valence-corrected chi connectivity index (χ0v) is 9.42. The second-order valence-corrected chi connectivity index (χ2v) is 4.44. The maximum Gasteiger partial charge on any atom is 0.1000 e. The van der Waals surface area contributed by atoms with Crippen LogP contribution in [0.4, 0.5) is 0 Å². The maximum absolute atomic E-state index is 5.87. The lowest BCUT2D eigenvalue weighted by Crippen LogP contribution is -2.50. The first kappa shape index (κ1) is 11.0. The monoisotopic (exact) mass is 186 g/mol. The lowest BCUT2D eigenvalue weighted by Gasteiger charge is -2.35. The molecule has 1 fully saturated rings. The van der Waals surface area contributed by atoms with E-state index in [9.17, 15) is 0 Å². The van der Waals surface area contributed by atoms with Crippen LogP contribution in [0.5, 0.6) is 0 Å². The van der Waals surface area contributed by atoms with Crippen LogP contribution in [-0.2, 0) is 4.74 Å². The number of rotatable bonds is 3. The third-order valence-corrected chi connectivity index (χ3v) is 3.32. The van der Waals surface area contributed by atoms with Gasteiger partial charge in [0.1, 0.15) is 0 Å². The summed E-state index contributed by atoms with van der Waals surface area (Å²) in [5, 5.41) is 3.23. The van der Waals surface area contributed by atoms with Gasteiger partial charge in [-0.2, -0.15) is 0 Å². The highest BCUT2D eigenvalue weighted by molar-refractivity contribution is 4.97. The van der Waals surface area contributed by atoms with Gasteiger partial charge in [0.15, 0.2) is 0 Å². The number of ether oxygens (including phenoxy) is 1. The minimum Gasteiger partial charge on any atom is -0.358 e. The van der Waals surface area contributed by atoms with E-state index in [4.69, 9.17) is 4.74 Å². The third-order valence-electron chi connectivity index (χ3n) is 3.32. The van der Waals surface area contributed by atoms with Gasteiger partial charge in [0.05, 0.1) is 18.4 Å². The third kappa shape index (κ3) is 1.87. The summed E-state index contributed by atoms with van der Waals surface area (Å²) in [5.41, 5.74) is -0.00222. The second-order valence-electron chi connectivity index (χ2n) is 4.44. The van der Waals surface area contributed by atoms with Crippen molar-refractivity contribution in [3.63, 3.8) is 0 Å². The normalized spacial score (nSPS) is 36.0. The Morgan fingerprint density at radius 1 is 1.62 bits per heavy atom. The van der Waals surface area contributed by atoms with E-state index in [0.29, 0.717) is 12.0 Å². The molecule has 2 unspecified atom stereocenters. The van der Waals surface area contributed by atoms with Gasteiger partial charge >= 0.3 is 0 Å². The van der Waals surface area contributed by atoms with Crippen molar-refractivity contribution in [3.05, 3.63) is 0 Å². The van der Waals surface area contributed by atoms with Crippen molar-refractivity contribution in [1.29, 1.82) is 0 Å². The molecule has 0 amide bonds. The highest BCUT2D eigenvalue weighted by Crippen LogP contribution is 2.33. The van der Waals surface area contributed by atoms with Crippen LogP contribution >= 0.6 is 0 Å². The predicted molar refractivity (Wildman–Crippen MR) is 54.7 cm³/mol. The quantitative estimate of drug-likeness (QED) is 0.709. The smallest absolute Gasteiger partial charge is 0.1000 e. The number of likely N-dealkylation sites (N-methyl/N-ethyl adjacent to an activating group) is 2. The lowest BCUT2D eigenvalue weighted by atomic mass is 9.85. The molecule has 1 rings (SSSR count). The zero-order chi connectivity index (χ0) is 10.1. The molecule has 0 saturated carbocycles. The molecular weight excluding hydrogens is 164 g/mol. The molecule has 78 valence electrons. The summed E-state index contributed by atoms with van der Waals surface area (Å²) in [6.07, 6.45) is 0. The van der Waals surface area contributed by atoms with Gasteiger partial charge in [-0.1, -0.05) is 13.8 Å². The molecule has 2 atom stereocenters. The maximum atomic E-state index is 5.87. The summed E-state index contributed by atoms with van der Waals surface area (Å²) in [6, 6.07) is 0.484. The number of nitrogens with zero attached hydrogens (tertiary/aromatic N) is 1. The fourth-order valence-electron chi connectivity index (χ4n) is 1.97. The average molecular weight is 186 g/mol. The van der Waals surface area contributed by atoms with Gasteiger partial charge in [0.25, 0.3) is 0 Å². The van der Waals surface area contributed by atoms with Crippen molar-refractivity contribution < 1.29 is 4.74 Å². The van der Waals surface area contributed by atoms with Crippen LogP contribution in [0.25, 0.3) is 0 Å². The minimum atomic E-state index is -0.00222. The van der Waals surface area contributed by atoms with Crippen LogP contribution in [0.1, 0.15) is 20.8 Å². The Balaban J connectivity index is 2.73. The summed E-state index contributed by atoms with van der Waals surface area (Å²) in [4.78, 5) is 2.27. The molecule has 0 aromatic rings. The van der Waals surface area contributed by atoms with Crippen molar-refractivity contribution in [2.75, 3.05) is 27.4 Å².